The molecule has 20 heavy (non-hydrogen) atoms. The maximum atomic E-state index is 2.41. The fourth-order valence-electron chi connectivity index (χ4n) is 3.82. The van der Waals surface area contributed by atoms with Gasteiger partial charge in [-0.25, -0.2) is 0 Å². The molecule has 0 aromatic heterocycles. The molecule has 4 rings (SSSR count). The van der Waals surface area contributed by atoms with Crippen molar-refractivity contribution in [1.82, 2.24) is 0 Å². The lowest BCUT2D eigenvalue weighted by Gasteiger charge is -2.35. The van der Waals surface area contributed by atoms with E-state index < -0.39 is 0 Å². The maximum absolute atomic E-state index is 2.41. The maximum Gasteiger partial charge on any atom is 0.0192 e. The molecule has 0 aromatic carbocycles. The fraction of sp³-hybridized carbons (Fsp3) is 0.300. The van der Waals surface area contributed by atoms with E-state index in [-0.39, 0.29) is 0 Å². The first kappa shape index (κ1) is 12.0. The highest BCUT2D eigenvalue weighted by molar-refractivity contribution is 5.54. The summed E-state index contributed by atoms with van der Waals surface area (Å²) in [6, 6.07) is 0. The quantitative estimate of drug-likeness (QED) is 0.607. The Morgan fingerprint density at radius 3 is 2.70 bits per heavy atom. The van der Waals surface area contributed by atoms with Crippen LogP contribution in [0.2, 0.25) is 0 Å². The molecule has 0 nitrogen and oxygen atoms in total. The van der Waals surface area contributed by atoms with Crippen LogP contribution in [0.1, 0.15) is 25.7 Å². The van der Waals surface area contributed by atoms with Crippen LogP contribution in [0.5, 0.6) is 0 Å². The minimum Gasteiger partial charge on any atom is -0.0842 e. The van der Waals surface area contributed by atoms with Crippen molar-refractivity contribution in [3.05, 3.63) is 83.1 Å². The minimum absolute atomic E-state index is 0.545. The van der Waals surface area contributed by atoms with Crippen molar-refractivity contribution in [1.29, 1.82) is 0 Å². The van der Waals surface area contributed by atoms with E-state index in [2.05, 4.69) is 60.8 Å². The second-order valence-electron chi connectivity index (χ2n) is 6.00. The van der Waals surface area contributed by atoms with Crippen LogP contribution in [0, 0.1) is 11.8 Å². The molecule has 0 saturated carbocycles. The summed E-state index contributed by atoms with van der Waals surface area (Å²) in [5.41, 5.74) is 6.20. The minimum atomic E-state index is 0.545. The van der Waals surface area contributed by atoms with Gasteiger partial charge in [-0.05, 0) is 48.0 Å². The first-order valence-electron chi connectivity index (χ1n) is 7.76. The molecule has 0 heteroatoms. The summed E-state index contributed by atoms with van der Waals surface area (Å²) in [6.07, 6.45) is 28.0. The standard InChI is InChI=1S/C20H20/c1-2-7-15(8-3-1)19-12-6-10-17-14-13-16-9-4-5-11-18(16)20(17)19/h1-2,5-7,10-14,17,20H,3-4,8-9H2. The van der Waals surface area contributed by atoms with E-state index in [0.717, 1.165) is 0 Å². The number of rotatable bonds is 1. The summed E-state index contributed by atoms with van der Waals surface area (Å²) < 4.78 is 0. The number of fused-ring (bicyclic) bond motifs is 2. The average molecular weight is 260 g/mol. The van der Waals surface area contributed by atoms with Gasteiger partial charge in [-0.1, -0.05) is 60.8 Å². The SMILES string of the molecule is C1=CCCC(C2=CC=CC3C=CC4=C(C=CCC4)C23)=C1. The third kappa shape index (κ3) is 1.91. The lowest BCUT2D eigenvalue weighted by Crippen LogP contribution is -2.23. The molecule has 2 atom stereocenters. The zero-order chi connectivity index (χ0) is 13.4. The lowest BCUT2D eigenvalue weighted by atomic mass is 9.68. The average Bonchev–Trinajstić information content (AvgIpc) is 2.55. The van der Waals surface area contributed by atoms with Gasteiger partial charge in [-0.2, -0.15) is 0 Å². The summed E-state index contributed by atoms with van der Waals surface area (Å²) in [7, 11) is 0. The molecule has 4 aliphatic rings. The molecule has 4 aliphatic carbocycles. The molecule has 0 saturated heterocycles. The summed E-state index contributed by atoms with van der Waals surface area (Å²) in [5.74, 6) is 1.10. The smallest absolute Gasteiger partial charge is 0.0192 e. The highest BCUT2D eigenvalue weighted by Gasteiger charge is 2.32. The monoisotopic (exact) mass is 260 g/mol. The van der Waals surface area contributed by atoms with E-state index in [1.165, 1.54) is 31.3 Å². The molecular weight excluding hydrogens is 240 g/mol. The molecule has 0 spiro atoms. The lowest BCUT2D eigenvalue weighted by molar-refractivity contribution is 0.587. The molecule has 0 aliphatic heterocycles. The van der Waals surface area contributed by atoms with Crippen LogP contribution in [-0.2, 0) is 0 Å². The van der Waals surface area contributed by atoms with Gasteiger partial charge in [0, 0.05) is 11.8 Å². The van der Waals surface area contributed by atoms with Crippen molar-refractivity contribution < 1.29 is 0 Å². The summed E-state index contributed by atoms with van der Waals surface area (Å²) in [6.45, 7) is 0. The van der Waals surface area contributed by atoms with Crippen molar-refractivity contribution in [3.8, 4) is 0 Å². The van der Waals surface area contributed by atoms with Crippen LogP contribution in [0.4, 0.5) is 0 Å². The van der Waals surface area contributed by atoms with E-state index in [1.54, 1.807) is 16.7 Å². The Morgan fingerprint density at radius 1 is 0.850 bits per heavy atom. The Labute approximate surface area is 121 Å². The van der Waals surface area contributed by atoms with Gasteiger partial charge < -0.3 is 0 Å². The van der Waals surface area contributed by atoms with E-state index in [9.17, 15) is 0 Å². The van der Waals surface area contributed by atoms with Crippen LogP contribution in [0.15, 0.2) is 83.1 Å². The molecule has 100 valence electrons. The van der Waals surface area contributed by atoms with Crippen LogP contribution in [-0.4, -0.2) is 0 Å². The van der Waals surface area contributed by atoms with Crippen molar-refractivity contribution in [2.45, 2.75) is 25.7 Å². The normalized spacial score (nSPS) is 30.8. The number of allylic oxidation sites excluding steroid dienone is 14. The molecule has 0 aromatic rings. The molecule has 0 fully saturated rings. The highest BCUT2D eigenvalue weighted by Crippen LogP contribution is 2.45. The van der Waals surface area contributed by atoms with Gasteiger partial charge in [0.15, 0.2) is 0 Å². The topological polar surface area (TPSA) is 0 Å². The Balaban J connectivity index is 1.78. The molecule has 2 unspecified atom stereocenters. The van der Waals surface area contributed by atoms with Gasteiger partial charge in [0.2, 0.25) is 0 Å². The molecular formula is C20H20. The molecule has 0 amide bonds. The molecule has 0 radical (unpaired) electrons. The largest absolute Gasteiger partial charge is 0.0842 e. The van der Waals surface area contributed by atoms with Crippen molar-refractivity contribution in [2.24, 2.45) is 11.8 Å². The van der Waals surface area contributed by atoms with Crippen molar-refractivity contribution in [3.63, 3.8) is 0 Å². The summed E-state index contributed by atoms with van der Waals surface area (Å²) in [4.78, 5) is 0. The zero-order valence-electron chi connectivity index (χ0n) is 11.8. The first-order chi connectivity index (χ1) is 9.93. The Hall–Kier alpha value is -1.82. The Bertz CT molecular complexity index is 629. The van der Waals surface area contributed by atoms with Crippen LogP contribution >= 0.6 is 0 Å². The van der Waals surface area contributed by atoms with E-state index in [0.29, 0.717) is 11.8 Å². The van der Waals surface area contributed by atoms with Crippen LogP contribution < -0.4 is 0 Å². The fourth-order valence-corrected chi connectivity index (χ4v) is 3.82. The number of hydrogen-bond acceptors (Lipinski definition) is 0. The van der Waals surface area contributed by atoms with Crippen molar-refractivity contribution in [2.75, 3.05) is 0 Å². The third-order valence-electron chi connectivity index (χ3n) is 4.82. The van der Waals surface area contributed by atoms with E-state index in [4.69, 9.17) is 0 Å². The van der Waals surface area contributed by atoms with Crippen molar-refractivity contribution >= 4 is 0 Å². The van der Waals surface area contributed by atoms with Gasteiger partial charge in [0.05, 0.1) is 0 Å². The van der Waals surface area contributed by atoms with Gasteiger partial charge in [0.25, 0.3) is 0 Å². The predicted molar refractivity (Wildman–Crippen MR) is 85.2 cm³/mol. The first-order valence-corrected chi connectivity index (χ1v) is 7.76. The van der Waals surface area contributed by atoms with Crippen LogP contribution in [0.25, 0.3) is 0 Å². The number of hydrogen-bond donors (Lipinski definition) is 0. The predicted octanol–water partition coefficient (Wildman–Crippen LogP) is 5.21. The summed E-state index contributed by atoms with van der Waals surface area (Å²) in [5, 5.41) is 0. The van der Waals surface area contributed by atoms with E-state index >= 15 is 0 Å². The van der Waals surface area contributed by atoms with Gasteiger partial charge in [-0.15, -0.1) is 0 Å². The van der Waals surface area contributed by atoms with E-state index in [1.807, 2.05) is 0 Å². The second-order valence-corrected chi connectivity index (χ2v) is 6.00. The Kier molecular flexibility index (Phi) is 2.95. The third-order valence-corrected chi connectivity index (χ3v) is 4.82. The Morgan fingerprint density at radius 2 is 1.80 bits per heavy atom. The molecule has 0 heterocycles. The second kappa shape index (κ2) is 4.94. The van der Waals surface area contributed by atoms with Crippen LogP contribution in [0.3, 0.4) is 0 Å². The molecule has 0 bridgehead atoms. The van der Waals surface area contributed by atoms with Gasteiger partial charge in [-0.3, -0.25) is 0 Å². The zero-order valence-corrected chi connectivity index (χ0v) is 11.8. The highest BCUT2D eigenvalue weighted by atomic mass is 14.4. The van der Waals surface area contributed by atoms with Gasteiger partial charge in [0.1, 0.15) is 0 Å². The summed E-state index contributed by atoms with van der Waals surface area (Å²) >= 11 is 0. The molecule has 0 N–H and O–H groups in total. The van der Waals surface area contributed by atoms with Gasteiger partial charge >= 0.3 is 0 Å².